The van der Waals surface area contributed by atoms with Gasteiger partial charge in [-0.3, -0.25) is 0 Å². The molecule has 0 aliphatic rings. The Kier molecular flexibility index (Phi) is 5.26. The van der Waals surface area contributed by atoms with Gasteiger partial charge in [-0.05, 0) is 47.6 Å². The van der Waals surface area contributed by atoms with E-state index in [1.54, 1.807) is 14.2 Å². The number of methoxy groups -OCH3 is 2. The second-order valence-corrected chi connectivity index (χ2v) is 5.63. The highest BCUT2D eigenvalue weighted by Gasteiger charge is 2.20. The molecule has 2 aromatic carbocycles. The third kappa shape index (κ3) is 3.22. The molecule has 0 aliphatic heterocycles. The lowest BCUT2D eigenvalue weighted by Gasteiger charge is -2.22. The van der Waals surface area contributed by atoms with E-state index in [-0.39, 0.29) is 6.04 Å². The van der Waals surface area contributed by atoms with Crippen molar-refractivity contribution in [2.45, 2.75) is 13.0 Å². The van der Waals surface area contributed by atoms with Crippen LogP contribution < -0.4 is 14.8 Å². The van der Waals surface area contributed by atoms with Crippen LogP contribution >= 0.6 is 15.9 Å². The third-order valence-corrected chi connectivity index (χ3v) is 4.28. The van der Waals surface area contributed by atoms with Gasteiger partial charge in [-0.1, -0.05) is 29.8 Å². The zero-order valence-corrected chi connectivity index (χ0v) is 14.3. The summed E-state index contributed by atoms with van der Waals surface area (Å²) in [5, 5.41) is 3.35. The standard InChI is InChI=1S/C17H20BrNO2/c1-11-5-7-12(8-6-11)16(19-2)13-9-10-14(20-3)15(18)17(13)21-4/h5-10,16,19H,1-4H3. The fourth-order valence-electron chi connectivity index (χ4n) is 2.41. The monoisotopic (exact) mass is 349 g/mol. The minimum atomic E-state index is 0.0581. The molecule has 0 bridgehead atoms. The second-order valence-electron chi connectivity index (χ2n) is 4.84. The maximum Gasteiger partial charge on any atom is 0.141 e. The summed E-state index contributed by atoms with van der Waals surface area (Å²) in [6.07, 6.45) is 0. The molecule has 1 N–H and O–H groups in total. The summed E-state index contributed by atoms with van der Waals surface area (Å²) in [6.45, 7) is 2.09. The lowest BCUT2D eigenvalue weighted by molar-refractivity contribution is 0.383. The summed E-state index contributed by atoms with van der Waals surface area (Å²) in [5.41, 5.74) is 3.51. The maximum absolute atomic E-state index is 5.58. The molecule has 0 saturated heterocycles. The van der Waals surface area contributed by atoms with Crippen LogP contribution in [0, 0.1) is 6.92 Å². The van der Waals surface area contributed by atoms with Gasteiger partial charge >= 0.3 is 0 Å². The summed E-state index contributed by atoms with van der Waals surface area (Å²) < 4.78 is 11.7. The van der Waals surface area contributed by atoms with Crippen molar-refractivity contribution in [2.24, 2.45) is 0 Å². The number of benzene rings is 2. The molecule has 21 heavy (non-hydrogen) atoms. The summed E-state index contributed by atoms with van der Waals surface area (Å²) in [7, 11) is 5.27. The lowest BCUT2D eigenvalue weighted by atomic mass is 9.97. The Balaban J connectivity index is 2.52. The highest BCUT2D eigenvalue weighted by Crippen LogP contribution is 2.41. The van der Waals surface area contributed by atoms with Crippen molar-refractivity contribution in [3.05, 3.63) is 57.6 Å². The fourth-order valence-corrected chi connectivity index (χ4v) is 3.09. The molecule has 3 nitrogen and oxygen atoms in total. The molecule has 0 saturated carbocycles. The number of rotatable bonds is 5. The molecule has 0 aromatic heterocycles. The highest BCUT2D eigenvalue weighted by atomic mass is 79.9. The molecule has 0 fully saturated rings. The first-order chi connectivity index (χ1) is 10.1. The Morgan fingerprint density at radius 3 is 2.19 bits per heavy atom. The van der Waals surface area contributed by atoms with Gasteiger partial charge in [0.1, 0.15) is 16.0 Å². The average molecular weight is 350 g/mol. The molecule has 0 amide bonds. The van der Waals surface area contributed by atoms with Gasteiger partial charge in [-0.25, -0.2) is 0 Å². The number of ether oxygens (including phenoxy) is 2. The van der Waals surface area contributed by atoms with Crippen LogP contribution in [0.3, 0.4) is 0 Å². The van der Waals surface area contributed by atoms with Crippen molar-refractivity contribution in [3.8, 4) is 11.5 Å². The first kappa shape index (κ1) is 15.9. The van der Waals surface area contributed by atoms with Crippen LogP contribution in [0.1, 0.15) is 22.7 Å². The third-order valence-electron chi connectivity index (χ3n) is 3.53. The van der Waals surface area contributed by atoms with Gasteiger partial charge in [-0.2, -0.15) is 0 Å². The Labute approximate surface area is 134 Å². The van der Waals surface area contributed by atoms with Crippen molar-refractivity contribution in [2.75, 3.05) is 21.3 Å². The molecule has 0 spiro atoms. The van der Waals surface area contributed by atoms with Crippen LogP contribution in [0.2, 0.25) is 0 Å². The number of aryl methyl sites for hydroxylation is 1. The summed E-state index contributed by atoms with van der Waals surface area (Å²) >= 11 is 3.56. The van der Waals surface area contributed by atoms with Crippen molar-refractivity contribution in [3.63, 3.8) is 0 Å². The van der Waals surface area contributed by atoms with Gasteiger partial charge in [0, 0.05) is 5.56 Å². The van der Waals surface area contributed by atoms with Crippen LogP contribution in [0.4, 0.5) is 0 Å². The maximum atomic E-state index is 5.58. The molecule has 0 radical (unpaired) electrons. The number of hydrogen-bond donors (Lipinski definition) is 1. The van der Waals surface area contributed by atoms with E-state index in [0.717, 1.165) is 21.5 Å². The minimum absolute atomic E-state index is 0.0581. The summed E-state index contributed by atoms with van der Waals surface area (Å²) in [5.74, 6) is 1.55. The van der Waals surface area contributed by atoms with Gasteiger partial charge in [0.25, 0.3) is 0 Å². The molecule has 1 unspecified atom stereocenters. The molecule has 2 rings (SSSR count). The minimum Gasteiger partial charge on any atom is -0.495 e. The van der Waals surface area contributed by atoms with Gasteiger partial charge < -0.3 is 14.8 Å². The molecular weight excluding hydrogens is 330 g/mol. The van der Waals surface area contributed by atoms with E-state index in [0.29, 0.717) is 0 Å². The molecule has 0 heterocycles. The molecule has 1 atom stereocenters. The van der Waals surface area contributed by atoms with E-state index < -0.39 is 0 Å². The first-order valence-corrected chi connectivity index (χ1v) is 7.55. The van der Waals surface area contributed by atoms with E-state index in [9.17, 15) is 0 Å². The van der Waals surface area contributed by atoms with Crippen molar-refractivity contribution in [1.82, 2.24) is 5.32 Å². The normalized spacial score (nSPS) is 12.0. The van der Waals surface area contributed by atoms with Crippen molar-refractivity contribution < 1.29 is 9.47 Å². The number of hydrogen-bond acceptors (Lipinski definition) is 3. The molecule has 112 valence electrons. The molecule has 4 heteroatoms. The van der Waals surface area contributed by atoms with Crippen LogP contribution in [0.25, 0.3) is 0 Å². The Morgan fingerprint density at radius 1 is 1.00 bits per heavy atom. The van der Waals surface area contributed by atoms with Crippen LogP contribution in [-0.2, 0) is 0 Å². The van der Waals surface area contributed by atoms with E-state index in [1.807, 2.05) is 19.2 Å². The number of halogens is 1. The van der Waals surface area contributed by atoms with Gasteiger partial charge in [0.05, 0.1) is 20.3 Å². The van der Waals surface area contributed by atoms with Crippen molar-refractivity contribution in [1.29, 1.82) is 0 Å². The van der Waals surface area contributed by atoms with E-state index in [2.05, 4.69) is 52.4 Å². The Bertz CT molecular complexity index is 611. The molecule has 2 aromatic rings. The van der Waals surface area contributed by atoms with Gasteiger partial charge in [0.15, 0.2) is 0 Å². The molecule has 0 aliphatic carbocycles. The predicted octanol–water partition coefficient (Wildman–Crippen LogP) is 4.08. The zero-order valence-electron chi connectivity index (χ0n) is 12.7. The summed E-state index contributed by atoms with van der Waals surface area (Å²) in [4.78, 5) is 0. The predicted molar refractivity (Wildman–Crippen MR) is 89.3 cm³/mol. The first-order valence-electron chi connectivity index (χ1n) is 6.76. The van der Waals surface area contributed by atoms with Crippen LogP contribution in [-0.4, -0.2) is 21.3 Å². The Morgan fingerprint density at radius 2 is 1.67 bits per heavy atom. The Hall–Kier alpha value is -1.52. The number of nitrogens with one attached hydrogen (secondary N) is 1. The fraction of sp³-hybridized carbons (Fsp3) is 0.294. The van der Waals surface area contributed by atoms with Gasteiger partial charge in [-0.15, -0.1) is 0 Å². The zero-order chi connectivity index (χ0) is 15.4. The lowest BCUT2D eigenvalue weighted by Crippen LogP contribution is -2.18. The van der Waals surface area contributed by atoms with E-state index >= 15 is 0 Å². The van der Waals surface area contributed by atoms with Gasteiger partial charge in [0.2, 0.25) is 0 Å². The SMILES string of the molecule is CNC(c1ccc(C)cc1)c1ccc(OC)c(Br)c1OC. The topological polar surface area (TPSA) is 30.5 Å². The highest BCUT2D eigenvalue weighted by molar-refractivity contribution is 9.10. The van der Waals surface area contributed by atoms with E-state index in [1.165, 1.54) is 11.1 Å². The average Bonchev–Trinajstić information content (AvgIpc) is 2.50. The molecular formula is C17H20BrNO2. The quantitative estimate of drug-likeness (QED) is 0.881. The summed E-state index contributed by atoms with van der Waals surface area (Å²) in [6, 6.07) is 12.5. The largest absolute Gasteiger partial charge is 0.495 e. The smallest absolute Gasteiger partial charge is 0.141 e. The second kappa shape index (κ2) is 6.96. The van der Waals surface area contributed by atoms with Crippen molar-refractivity contribution >= 4 is 15.9 Å². The van der Waals surface area contributed by atoms with Crippen LogP contribution in [0.15, 0.2) is 40.9 Å². The van der Waals surface area contributed by atoms with E-state index in [4.69, 9.17) is 9.47 Å². The van der Waals surface area contributed by atoms with Crippen LogP contribution in [0.5, 0.6) is 11.5 Å².